The van der Waals surface area contributed by atoms with Crippen LogP contribution in [0.2, 0.25) is 0 Å². The molecular weight excluding hydrogens is 278 g/mol. The summed E-state index contributed by atoms with van der Waals surface area (Å²) < 4.78 is 5.47. The first kappa shape index (κ1) is 18.1. The maximum atomic E-state index is 12.1. The van der Waals surface area contributed by atoms with E-state index in [2.05, 4.69) is 5.32 Å². The molecule has 1 aromatic carbocycles. The molecule has 22 heavy (non-hydrogen) atoms. The number of benzene rings is 1. The van der Waals surface area contributed by atoms with E-state index in [1.54, 1.807) is 0 Å². The summed E-state index contributed by atoms with van der Waals surface area (Å²) in [5, 5.41) is 11.5. The molecule has 0 bridgehead atoms. The third kappa shape index (κ3) is 6.70. The molecule has 5 nitrogen and oxygen atoms in total. The fraction of sp³-hybridized carbons (Fsp3) is 0.529. The quantitative estimate of drug-likeness (QED) is 0.679. The van der Waals surface area contributed by atoms with E-state index in [0.29, 0.717) is 26.1 Å². The lowest BCUT2D eigenvalue weighted by Gasteiger charge is -2.22. The van der Waals surface area contributed by atoms with Gasteiger partial charge in [0.2, 0.25) is 5.91 Å². The molecule has 1 rings (SSSR count). The number of nitriles is 1. The van der Waals surface area contributed by atoms with Crippen LogP contribution in [-0.2, 0) is 16.0 Å². The number of hydrogen-bond donors (Lipinski definition) is 2. The Hall–Kier alpha value is -1.90. The molecule has 3 N–H and O–H groups in total. The zero-order valence-corrected chi connectivity index (χ0v) is 13.3. The summed E-state index contributed by atoms with van der Waals surface area (Å²) in [6, 6.07) is 11.2. The summed E-state index contributed by atoms with van der Waals surface area (Å²) in [5.74, 6) is -0.0864. The van der Waals surface area contributed by atoms with Crippen molar-refractivity contribution in [3.8, 4) is 6.07 Å². The van der Waals surface area contributed by atoms with Crippen molar-refractivity contribution in [2.24, 2.45) is 11.7 Å². The van der Waals surface area contributed by atoms with Crippen LogP contribution < -0.4 is 11.1 Å². The van der Waals surface area contributed by atoms with Crippen LogP contribution in [0, 0.1) is 17.2 Å². The van der Waals surface area contributed by atoms with Crippen LogP contribution in [-0.4, -0.2) is 31.2 Å². The molecule has 0 unspecified atom stereocenters. The molecule has 1 amide bonds. The molecule has 0 saturated carbocycles. The molecule has 0 heterocycles. The number of nitrogens with one attached hydrogen (secondary N) is 1. The highest BCUT2D eigenvalue weighted by Gasteiger charge is 2.21. The fourth-order valence-corrected chi connectivity index (χ4v) is 1.99. The second-order valence-corrected chi connectivity index (χ2v) is 5.65. The minimum Gasteiger partial charge on any atom is -0.378 e. The molecule has 0 radical (unpaired) electrons. The highest BCUT2D eigenvalue weighted by atomic mass is 16.5. The Balaban J connectivity index is 2.61. The lowest BCUT2D eigenvalue weighted by molar-refractivity contribution is -0.124. The van der Waals surface area contributed by atoms with E-state index >= 15 is 0 Å². The van der Waals surface area contributed by atoms with E-state index in [9.17, 15) is 4.79 Å². The minimum absolute atomic E-state index is 0.0804. The maximum absolute atomic E-state index is 12.1. The molecule has 0 fully saturated rings. The number of rotatable bonds is 9. The number of ether oxygens (including phenoxy) is 1. The first-order valence-electron chi connectivity index (χ1n) is 7.59. The van der Waals surface area contributed by atoms with Gasteiger partial charge in [-0.3, -0.25) is 4.79 Å². The third-order valence-corrected chi connectivity index (χ3v) is 3.37. The van der Waals surface area contributed by atoms with Crippen molar-refractivity contribution in [3.63, 3.8) is 0 Å². The van der Waals surface area contributed by atoms with Crippen LogP contribution in [0.4, 0.5) is 0 Å². The Morgan fingerprint density at radius 3 is 2.64 bits per heavy atom. The molecule has 5 heteroatoms. The van der Waals surface area contributed by atoms with Crippen molar-refractivity contribution in [1.82, 2.24) is 5.32 Å². The van der Waals surface area contributed by atoms with Crippen LogP contribution in [0.1, 0.15) is 25.8 Å². The molecule has 0 aliphatic heterocycles. The largest absolute Gasteiger partial charge is 0.378 e. The van der Waals surface area contributed by atoms with Crippen LogP contribution in [0.25, 0.3) is 0 Å². The first-order chi connectivity index (χ1) is 10.5. The normalized spacial score (nSPS) is 13.4. The number of amides is 1. The highest BCUT2D eigenvalue weighted by Crippen LogP contribution is 2.06. The number of hydrogen-bond acceptors (Lipinski definition) is 4. The van der Waals surface area contributed by atoms with Gasteiger partial charge in [-0.25, -0.2) is 0 Å². The van der Waals surface area contributed by atoms with Gasteiger partial charge >= 0.3 is 0 Å². The molecule has 0 aliphatic carbocycles. The molecule has 2 atom stereocenters. The zero-order chi connectivity index (χ0) is 16.4. The summed E-state index contributed by atoms with van der Waals surface area (Å²) in [6.07, 6.45) is 1.02. The second-order valence-electron chi connectivity index (χ2n) is 5.65. The molecule has 0 spiro atoms. The SMILES string of the molecule is CC(C)[C@H](N)C(=O)N[C@H](COCCC#N)Cc1ccccc1. The van der Waals surface area contributed by atoms with Crippen molar-refractivity contribution >= 4 is 5.91 Å². The van der Waals surface area contributed by atoms with Crippen LogP contribution >= 0.6 is 0 Å². The average molecular weight is 303 g/mol. The fourth-order valence-electron chi connectivity index (χ4n) is 1.99. The van der Waals surface area contributed by atoms with Crippen molar-refractivity contribution in [1.29, 1.82) is 5.26 Å². The number of carbonyl (C=O) groups excluding carboxylic acids is 1. The summed E-state index contributed by atoms with van der Waals surface area (Å²) in [5.41, 5.74) is 7.00. The third-order valence-electron chi connectivity index (χ3n) is 3.37. The lowest BCUT2D eigenvalue weighted by atomic mass is 10.0. The van der Waals surface area contributed by atoms with Crippen LogP contribution in [0.15, 0.2) is 30.3 Å². The average Bonchev–Trinajstić information content (AvgIpc) is 2.51. The molecule has 0 saturated heterocycles. The van der Waals surface area contributed by atoms with E-state index in [1.807, 2.05) is 50.2 Å². The Morgan fingerprint density at radius 2 is 2.05 bits per heavy atom. The number of nitrogens with two attached hydrogens (primary N) is 1. The van der Waals surface area contributed by atoms with Crippen molar-refractivity contribution in [3.05, 3.63) is 35.9 Å². The first-order valence-corrected chi connectivity index (χ1v) is 7.59. The standard InChI is InChI=1S/C17H25N3O2/c1-13(2)16(19)17(21)20-15(12-22-10-6-9-18)11-14-7-4-3-5-8-14/h3-5,7-8,13,15-16H,6,10-12,19H2,1-2H3,(H,20,21)/t15-,16-/m0/s1. The summed E-state index contributed by atoms with van der Waals surface area (Å²) in [6.45, 7) is 4.57. The van der Waals surface area contributed by atoms with E-state index in [4.69, 9.17) is 15.7 Å². The van der Waals surface area contributed by atoms with Crippen molar-refractivity contribution in [2.45, 2.75) is 38.8 Å². The van der Waals surface area contributed by atoms with E-state index < -0.39 is 6.04 Å². The monoisotopic (exact) mass is 303 g/mol. The smallest absolute Gasteiger partial charge is 0.237 e. The van der Waals surface area contributed by atoms with Gasteiger partial charge in [-0.05, 0) is 17.9 Å². The van der Waals surface area contributed by atoms with Crippen LogP contribution in [0.5, 0.6) is 0 Å². The van der Waals surface area contributed by atoms with Crippen molar-refractivity contribution < 1.29 is 9.53 Å². The summed E-state index contributed by atoms with van der Waals surface area (Å²) in [7, 11) is 0. The Bertz CT molecular complexity index is 482. The van der Waals surface area contributed by atoms with Gasteiger partial charge in [0, 0.05) is 0 Å². The van der Waals surface area contributed by atoms with Gasteiger partial charge in [-0.15, -0.1) is 0 Å². The highest BCUT2D eigenvalue weighted by molar-refractivity contribution is 5.82. The van der Waals surface area contributed by atoms with Gasteiger partial charge in [-0.1, -0.05) is 44.2 Å². The van der Waals surface area contributed by atoms with Gasteiger partial charge in [-0.2, -0.15) is 5.26 Å². The Labute approximate surface area is 132 Å². The number of carbonyl (C=O) groups is 1. The topological polar surface area (TPSA) is 88.1 Å². The molecular formula is C17H25N3O2. The predicted octanol–water partition coefficient (Wildman–Crippen LogP) is 1.63. The summed E-state index contributed by atoms with van der Waals surface area (Å²) >= 11 is 0. The summed E-state index contributed by atoms with van der Waals surface area (Å²) in [4.78, 5) is 12.1. The Morgan fingerprint density at radius 1 is 1.36 bits per heavy atom. The number of nitrogens with zero attached hydrogens (tertiary/aromatic N) is 1. The van der Waals surface area contributed by atoms with Gasteiger partial charge in [0.05, 0.1) is 37.8 Å². The molecule has 1 aromatic rings. The van der Waals surface area contributed by atoms with Gasteiger partial charge < -0.3 is 15.8 Å². The maximum Gasteiger partial charge on any atom is 0.237 e. The molecule has 0 aromatic heterocycles. The lowest BCUT2D eigenvalue weighted by Crippen LogP contribution is -2.49. The minimum atomic E-state index is -0.530. The van der Waals surface area contributed by atoms with E-state index in [0.717, 1.165) is 5.56 Å². The van der Waals surface area contributed by atoms with Gasteiger partial charge in [0.15, 0.2) is 0 Å². The van der Waals surface area contributed by atoms with Gasteiger partial charge in [0.25, 0.3) is 0 Å². The predicted molar refractivity (Wildman–Crippen MR) is 85.9 cm³/mol. The zero-order valence-electron chi connectivity index (χ0n) is 13.3. The molecule has 120 valence electrons. The molecule has 0 aliphatic rings. The van der Waals surface area contributed by atoms with Gasteiger partial charge in [0.1, 0.15) is 0 Å². The Kier molecular flexibility index (Phi) is 8.19. The van der Waals surface area contributed by atoms with E-state index in [1.165, 1.54) is 0 Å². The van der Waals surface area contributed by atoms with Crippen LogP contribution in [0.3, 0.4) is 0 Å². The van der Waals surface area contributed by atoms with Crippen molar-refractivity contribution in [2.75, 3.05) is 13.2 Å². The second kappa shape index (κ2) is 9.93. The van der Waals surface area contributed by atoms with E-state index in [-0.39, 0.29) is 17.9 Å².